The molecule has 0 amide bonds. The Labute approximate surface area is 114 Å². The van der Waals surface area contributed by atoms with Crippen LogP contribution in [-0.2, 0) is 15.8 Å². The predicted octanol–water partition coefficient (Wildman–Crippen LogP) is 1.56. The molecule has 0 aromatic heterocycles. The van der Waals surface area contributed by atoms with Crippen molar-refractivity contribution < 1.29 is 8.42 Å². The van der Waals surface area contributed by atoms with Gasteiger partial charge in [0, 0.05) is 0 Å². The van der Waals surface area contributed by atoms with Gasteiger partial charge in [-0.2, -0.15) is 0 Å². The van der Waals surface area contributed by atoms with E-state index in [2.05, 4.69) is 4.72 Å². The monoisotopic (exact) mass is 286 g/mol. The van der Waals surface area contributed by atoms with E-state index < -0.39 is 15.6 Å². The molecule has 0 heterocycles. The van der Waals surface area contributed by atoms with Gasteiger partial charge < -0.3 is 5.73 Å². The SMILES string of the molecule is CCC(C)(NS(=O)(=O)Cc1ccccc1)C(N)=S. The van der Waals surface area contributed by atoms with Crippen molar-refractivity contribution in [1.29, 1.82) is 0 Å². The van der Waals surface area contributed by atoms with Crippen LogP contribution in [0.3, 0.4) is 0 Å². The number of benzene rings is 1. The molecule has 18 heavy (non-hydrogen) atoms. The minimum atomic E-state index is -3.47. The number of sulfonamides is 1. The molecule has 0 bridgehead atoms. The summed E-state index contributed by atoms with van der Waals surface area (Å²) in [5.74, 6) is -0.0773. The lowest BCUT2D eigenvalue weighted by Gasteiger charge is -2.27. The van der Waals surface area contributed by atoms with E-state index >= 15 is 0 Å². The van der Waals surface area contributed by atoms with Gasteiger partial charge in [0.1, 0.15) is 0 Å². The molecule has 3 N–H and O–H groups in total. The van der Waals surface area contributed by atoms with E-state index in [9.17, 15) is 8.42 Å². The summed E-state index contributed by atoms with van der Waals surface area (Å²) in [5, 5.41) is 0. The smallest absolute Gasteiger partial charge is 0.216 e. The number of rotatable bonds is 6. The molecule has 0 radical (unpaired) electrons. The van der Waals surface area contributed by atoms with Crippen molar-refractivity contribution in [3.8, 4) is 0 Å². The molecule has 0 aliphatic rings. The van der Waals surface area contributed by atoms with E-state index in [1.807, 2.05) is 13.0 Å². The van der Waals surface area contributed by atoms with Crippen LogP contribution in [0, 0.1) is 0 Å². The third-order valence-corrected chi connectivity index (χ3v) is 4.76. The summed E-state index contributed by atoms with van der Waals surface area (Å²) < 4.78 is 26.7. The molecule has 6 heteroatoms. The van der Waals surface area contributed by atoms with E-state index in [4.69, 9.17) is 18.0 Å². The van der Waals surface area contributed by atoms with Gasteiger partial charge >= 0.3 is 0 Å². The summed E-state index contributed by atoms with van der Waals surface area (Å²) in [6, 6.07) is 8.98. The van der Waals surface area contributed by atoms with Crippen LogP contribution in [0.1, 0.15) is 25.8 Å². The molecule has 1 unspecified atom stereocenters. The van der Waals surface area contributed by atoms with Gasteiger partial charge in [0.15, 0.2) is 0 Å². The van der Waals surface area contributed by atoms with Crippen LogP contribution in [0.4, 0.5) is 0 Å². The highest BCUT2D eigenvalue weighted by molar-refractivity contribution is 7.88. The molecule has 0 aliphatic carbocycles. The Morgan fingerprint density at radius 3 is 2.39 bits per heavy atom. The van der Waals surface area contributed by atoms with E-state index in [0.29, 0.717) is 6.42 Å². The molecule has 1 aromatic carbocycles. The molecular formula is C12H18N2O2S2. The summed E-state index contributed by atoms with van der Waals surface area (Å²) in [4.78, 5) is 0.154. The lowest BCUT2D eigenvalue weighted by molar-refractivity contribution is 0.511. The van der Waals surface area contributed by atoms with Gasteiger partial charge in [-0.1, -0.05) is 49.5 Å². The second-order valence-corrected chi connectivity index (χ2v) is 6.56. The molecule has 4 nitrogen and oxygen atoms in total. The fourth-order valence-corrected chi connectivity index (χ4v) is 3.37. The Kier molecular flexibility index (Phi) is 4.84. The van der Waals surface area contributed by atoms with Crippen molar-refractivity contribution in [3.63, 3.8) is 0 Å². The Bertz CT molecular complexity index is 514. The zero-order chi connectivity index (χ0) is 13.8. The van der Waals surface area contributed by atoms with Gasteiger partial charge in [0.25, 0.3) is 0 Å². The van der Waals surface area contributed by atoms with Gasteiger partial charge in [0.05, 0.1) is 16.3 Å². The van der Waals surface area contributed by atoms with Crippen LogP contribution in [0.15, 0.2) is 30.3 Å². The third kappa shape index (κ3) is 4.04. The normalized spacial score (nSPS) is 15.0. The highest BCUT2D eigenvalue weighted by Crippen LogP contribution is 2.13. The maximum absolute atomic E-state index is 12.1. The van der Waals surface area contributed by atoms with Gasteiger partial charge in [0.2, 0.25) is 10.0 Å². The molecule has 0 saturated carbocycles. The minimum Gasteiger partial charge on any atom is -0.392 e. The zero-order valence-corrected chi connectivity index (χ0v) is 12.1. The van der Waals surface area contributed by atoms with E-state index in [1.165, 1.54) is 0 Å². The molecule has 0 spiro atoms. The summed E-state index contributed by atoms with van der Waals surface area (Å²) in [7, 11) is -3.47. The molecular weight excluding hydrogens is 268 g/mol. The molecule has 1 rings (SSSR count). The maximum atomic E-state index is 12.1. The Hall–Kier alpha value is -0.980. The summed E-state index contributed by atoms with van der Waals surface area (Å²) in [6.45, 7) is 3.53. The van der Waals surface area contributed by atoms with Crippen LogP contribution < -0.4 is 10.5 Å². The second-order valence-electron chi connectivity index (χ2n) is 4.40. The number of nitrogens with one attached hydrogen (secondary N) is 1. The summed E-state index contributed by atoms with van der Waals surface area (Å²) in [6.07, 6.45) is 0.510. The summed E-state index contributed by atoms with van der Waals surface area (Å²) >= 11 is 4.91. The van der Waals surface area contributed by atoms with Crippen molar-refractivity contribution in [2.75, 3.05) is 0 Å². The highest BCUT2D eigenvalue weighted by atomic mass is 32.2. The van der Waals surface area contributed by atoms with Crippen molar-refractivity contribution in [1.82, 2.24) is 4.72 Å². The summed E-state index contributed by atoms with van der Waals surface area (Å²) in [5.41, 5.74) is 5.44. The standard InChI is InChI=1S/C12H18N2O2S2/c1-3-12(2,11(13)17)14-18(15,16)9-10-7-5-4-6-8-10/h4-8,14H,3,9H2,1-2H3,(H2,13,17). The molecule has 0 aliphatic heterocycles. The van der Waals surface area contributed by atoms with E-state index in [1.54, 1.807) is 31.2 Å². The van der Waals surface area contributed by atoms with Gasteiger partial charge in [-0.25, -0.2) is 13.1 Å². The van der Waals surface area contributed by atoms with Gasteiger partial charge in [-0.05, 0) is 18.9 Å². The number of thiocarbonyl (C=S) groups is 1. The highest BCUT2D eigenvalue weighted by Gasteiger charge is 2.30. The van der Waals surface area contributed by atoms with E-state index in [0.717, 1.165) is 5.56 Å². The first-order valence-corrected chi connectivity index (χ1v) is 7.70. The third-order valence-electron chi connectivity index (χ3n) is 2.83. The number of nitrogens with two attached hydrogens (primary N) is 1. The van der Waals surface area contributed by atoms with Crippen LogP contribution >= 0.6 is 12.2 Å². The quantitative estimate of drug-likeness (QED) is 0.779. The largest absolute Gasteiger partial charge is 0.392 e. The molecule has 0 saturated heterocycles. The topological polar surface area (TPSA) is 72.2 Å². The average Bonchev–Trinajstić information content (AvgIpc) is 2.28. The molecule has 1 aromatic rings. The van der Waals surface area contributed by atoms with Crippen molar-refractivity contribution in [2.45, 2.75) is 31.6 Å². The van der Waals surface area contributed by atoms with Gasteiger partial charge in [-0.15, -0.1) is 0 Å². The second kappa shape index (κ2) is 5.77. The first-order valence-electron chi connectivity index (χ1n) is 5.64. The lowest BCUT2D eigenvalue weighted by Crippen LogP contribution is -2.54. The van der Waals surface area contributed by atoms with Crippen LogP contribution in [-0.4, -0.2) is 18.9 Å². The first-order chi connectivity index (χ1) is 8.29. The van der Waals surface area contributed by atoms with Crippen LogP contribution in [0.25, 0.3) is 0 Å². The van der Waals surface area contributed by atoms with Crippen molar-refractivity contribution in [2.24, 2.45) is 5.73 Å². The molecule has 0 fully saturated rings. The predicted molar refractivity (Wildman–Crippen MR) is 77.7 cm³/mol. The molecule has 100 valence electrons. The number of hydrogen-bond donors (Lipinski definition) is 2. The Morgan fingerprint density at radius 2 is 1.94 bits per heavy atom. The van der Waals surface area contributed by atoms with Crippen LogP contribution in [0.2, 0.25) is 0 Å². The zero-order valence-electron chi connectivity index (χ0n) is 10.5. The minimum absolute atomic E-state index is 0.0773. The van der Waals surface area contributed by atoms with Crippen molar-refractivity contribution in [3.05, 3.63) is 35.9 Å². The number of hydrogen-bond acceptors (Lipinski definition) is 3. The first kappa shape index (κ1) is 15.1. The average molecular weight is 286 g/mol. The van der Waals surface area contributed by atoms with E-state index in [-0.39, 0.29) is 10.7 Å². The lowest BCUT2D eigenvalue weighted by atomic mass is 10.0. The Morgan fingerprint density at radius 1 is 1.39 bits per heavy atom. The Balaban J connectivity index is 2.86. The van der Waals surface area contributed by atoms with Gasteiger partial charge in [-0.3, -0.25) is 0 Å². The molecule has 1 atom stereocenters. The van der Waals surface area contributed by atoms with Crippen molar-refractivity contribution >= 4 is 27.2 Å². The maximum Gasteiger partial charge on any atom is 0.216 e. The fraction of sp³-hybridized carbons (Fsp3) is 0.417. The fourth-order valence-electron chi connectivity index (χ4n) is 1.47. The van der Waals surface area contributed by atoms with Crippen LogP contribution in [0.5, 0.6) is 0 Å².